The Morgan fingerprint density at radius 1 is 1.08 bits per heavy atom. The number of rotatable bonds is 8. The van der Waals surface area contributed by atoms with E-state index in [9.17, 15) is 9.59 Å². The molecule has 0 N–H and O–H groups in total. The van der Waals surface area contributed by atoms with E-state index in [4.69, 9.17) is 16.3 Å². The van der Waals surface area contributed by atoms with Gasteiger partial charge in [-0.15, -0.1) is 11.8 Å². The number of nitrogens with zero attached hydrogens (tertiary/aromatic N) is 1. The Morgan fingerprint density at radius 3 is 2.48 bits per heavy atom. The highest BCUT2D eigenvalue weighted by molar-refractivity contribution is 7.99. The first-order valence-corrected chi connectivity index (χ1v) is 9.23. The van der Waals surface area contributed by atoms with Crippen LogP contribution in [-0.2, 0) is 20.9 Å². The molecule has 6 heteroatoms. The largest absolute Gasteiger partial charge is 0.456 e. The molecule has 0 atom stereocenters. The summed E-state index contributed by atoms with van der Waals surface area (Å²) in [7, 11) is 1.69. The number of amides is 1. The third-order valence-corrected chi connectivity index (χ3v) is 4.96. The standard InChI is InChI=1S/C19H20ClNO3S/c1-21(13-15-7-3-2-4-8-15)18(22)14-24-19(23)11-12-25-17-10-6-5-9-16(17)20/h2-10H,11-14H2,1H3. The Balaban J connectivity index is 1.67. The molecule has 0 aromatic heterocycles. The van der Waals surface area contributed by atoms with Crippen LogP contribution in [0.25, 0.3) is 0 Å². The molecule has 0 heterocycles. The van der Waals surface area contributed by atoms with Crippen molar-refractivity contribution >= 4 is 35.2 Å². The third kappa shape index (κ3) is 6.80. The minimum atomic E-state index is -0.388. The van der Waals surface area contributed by atoms with Crippen LogP contribution in [0, 0.1) is 0 Å². The minimum absolute atomic E-state index is 0.226. The maximum absolute atomic E-state index is 12.0. The third-order valence-electron chi connectivity index (χ3n) is 3.45. The topological polar surface area (TPSA) is 46.6 Å². The molecular weight excluding hydrogens is 358 g/mol. The quantitative estimate of drug-likeness (QED) is 0.515. The lowest BCUT2D eigenvalue weighted by molar-refractivity contribution is -0.151. The summed E-state index contributed by atoms with van der Waals surface area (Å²) < 4.78 is 5.05. The Bertz CT molecular complexity index is 709. The van der Waals surface area contributed by atoms with Crippen molar-refractivity contribution in [3.05, 3.63) is 65.2 Å². The molecule has 25 heavy (non-hydrogen) atoms. The predicted octanol–water partition coefficient (Wildman–Crippen LogP) is 4.02. The average Bonchev–Trinajstić information content (AvgIpc) is 2.62. The van der Waals surface area contributed by atoms with Gasteiger partial charge >= 0.3 is 5.97 Å². The zero-order chi connectivity index (χ0) is 18.1. The summed E-state index contributed by atoms with van der Waals surface area (Å²) in [6.45, 7) is 0.249. The van der Waals surface area contributed by atoms with Crippen LogP contribution in [0.2, 0.25) is 5.02 Å². The van der Waals surface area contributed by atoms with Crippen molar-refractivity contribution in [3.8, 4) is 0 Å². The summed E-state index contributed by atoms with van der Waals surface area (Å²) in [6.07, 6.45) is 0.228. The maximum atomic E-state index is 12.0. The van der Waals surface area contributed by atoms with Gasteiger partial charge < -0.3 is 9.64 Å². The fourth-order valence-corrected chi connectivity index (χ4v) is 3.24. The summed E-state index contributed by atoms with van der Waals surface area (Å²) in [4.78, 5) is 26.3. The van der Waals surface area contributed by atoms with Crippen molar-refractivity contribution in [2.45, 2.75) is 17.9 Å². The molecule has 0 radical (unpaired) electrons. The molecule has 0 spiro atoms. The van der Waals surface area contributed by atoms with Crippen LogP contribution < -0.4 is 0 Å². The average molecular weight is 378 g/mol. The van der Waals surface area contributed by atoms with Crippen molar-refractivity contribution in [2.24, 2.45) is 0 Å². The first-order valence-electron chi connectivity index (χ1n) is 7.87. The zero-order valence-corrected chi connectivity index (χ0v) is 15.6. The molecule has 0 saturated heterocycles. The molecule has 132 valence electrons. The normalized spacial score (nSPS) is 10.3. The van der Waals surface area contributed by atoms with E-state index in [-0.39, 0.29) is 24.9 Å². The van der Waals surface area contributed by atoms with Gasteiger partial charge in [-0.3, -0.25) is 9.59 Å². The minimum Gasteiger partial charge on any atom is -0.456 e. The van der Waals surface area contributed by atoms with Crippen LogP contribution in [0.3, 0.4) is 0 Å². The van der Waals surface area contributed by atoms with Crippen molar-refractivity contribution in [1.82, 2.24) is 4.90 Å². The number of benzene rings is 2. The number of likely N-dealkylation sites (N-methyl/N-ethyl adjacent to an activating group) is 1. The maximum Gasteiger partial charge on any atom is 0.307 e. The van der Waals surface area contributed by atoms with Gasteiger partial charge in [0.1, 0.15) is 0 Å². The van der Waals surface area contributed by atoms with Crippen LogP contribution in [-0.4, -0.2) is 36.2 Å². The van der Waals surface area contributed by atoms with E-state index < -0.39 is 0 Å². The molecule has 2 aromatic carbocycles. The molecule has 0 unspecified atom stereocenters. The number of carbonyl (C=O) groups excluding carboxylic acids is 2. The smallest absolute Gasteiger partial charge is 0.307 e. The molecule has 4 nitrogen and oxygen atoms in total. The number of ether oxygens (including phenoxy) is 1. The second-order valence-electron chi connectivity index (χ2n) is 5.42. The molecule has 2 aromatic rings. The van der Waals surface area contributed by atoms with Gasteiger partial charge in [-0.25, -0.2) is 0 Å². The molecule has 0 saturated carbocycles. The van der Waals surface area contributed by atoms with E-state index in [2.05, 4.69) is 0 Å². The van der Waals surface area contributed by atoms with Crippen LogP contribution in [0.5, 0.6) is 0 Å². The summed E-state index contributed by atoms with van der Waals surface area (Å²) in [6, 6.07) is 17.1. The predicted molar refractivity (Wildman–Crippen MR) is 101 cm³/mol. The lowest BCUT2D eigenvalue weighted by atomic mass is 10.2. The second-order valence-corrected chi connectivity index (χ2v) is 6.97. The Hall–Kier alpha value is -1.98. The van der Waals surface area contributed by atoms with E-state index in [0.717, 1.165) is 10.5 Å². The van der Waals surface area contributed by atoms with Gasteiger partial charge in [0.2, 0.25) is 0 Å². The van der Waals surface area contributed by atoms with E-state index in [0.29, 0.717) is 17.3 Å². The van der Waals surface area contributed by atoms with Gasteiger partial charge in [-0.05, 0) is 17.7 Å². The molecule has 1 amide bonds. The van der Waals surface area contributed by atoms with Crippen molar-refractivity contribution in [3.63, 3.8) is 0 Å². The fraction of sp³-hybridized carbons (Fsp3) is 0.263. The number of esters is 1. The summed E-state index contributed by atoms with van der Waals surface area (Å²) in [5.74, 6) is -0.0617. The Morgan fingerprint density at radius 2 is 1.76 bits per heavy atom. The summed E-state index contributed by atoms with van der Waals surface area (Å²) in [5.41, 5.74) is 1.03. The van der Waals surface area contributed by atoms with Gasteiger partial charge in [0, 0.05) is 24.2 Å². The Kier molecular flexibility index (Phi) is 7.82. The molecule has 0 fully saturated rings. The number of halogens is 1. The number of thioether (sulfide) groups is 1. The number of carbonyl (C=O) groups is 2. The van der Waals surface area contributed by atoms with Gasteiger partial charge in [-0.2, -0.15) is 0 Å². The van der Waals surface area contributed by atoms with Gasteiger partial charge in [0.15, 0.2) is 6.61 Å². The monoisotopic (exact) mass is 377 g/mol. The number of hydrogen-bond donors (Lipinski definition) is 0. The molecule has 0 aliphatic carbocycles. The van der Waals surface area contributed by atoms with Crippen molar-refractivity contribution in [1.29, 1.82) is 0 Å². The first kappa shape index (κ1) is 19.3. The molecular formula is C19H20ClNO3S. The van der Waals surface area contributed by atoms with Crippen molar-refractivity contribution in [2.75, 3.05) is 19.4 Å². The van der Waals surface area contributed by atoms with Gasteiger partial charge in [0.05, 0.1) is 11.4 Å². The summed E-state index contributed by atoms with van der Waals surface area (Å²) >= 11 is 7.55. The van der Waals surface area contributed by atoms with Gasteiger partial charge in [0.25, 0.3) is 5.91 Å². The molecule has 0 aliphatic heterocycles. The van der Waals surface area contributed by atoms with Crippen LogP contribution in [0.15, 0.2) is 59.5 Å². The van der Waals surface area contributed by atoms with E-state index in [1.165, 1.54) is 11.8 Å². The lowest BCUT2D eigenvalue weighted by Gasteiger charge is -2.17. The molecule has 0 bridgehead atoms. The molecule has 2 rings (SSSR count). The van der Waals surface area contributed by atoms with Crippen LogP contribution in [0.4, 0.5) is 0 Å². The van der Waals surface area contributed by atoms with Gasteiger partial charge in [-0.1, -0.05) is 54.1 Å². The lowest BCUT2D eigenvalue weighted by Crippen LogP contribution is -2.30. The fourth-order valence-electron chi connectivity index (χ4n) is 2.08. The first-order chi connectivity index (χ1) is 12.1. The number of hydrogen-bond acceptors (Lipinski definition) is 4. The highest BCUT2D eigenvalue weighted by Crippen LogP contribution is 2.26. The van der Waals surface area contributed by atoms with Crippen molar-refractivity contribution < 1.29 is 14.3 Å². The highest BCUT2D eigenvalue weighted by atomic mass is 35.5. The SMILES string of the molecule is CN(Cc1ccccc1)C(=O)COC(=O)CCSc1ccccc1Cl. The van der Waals surface area contributed by atoms with Crippen LogP contribution in [0.1, 0.15) is 12.0 Å². The van der Waals surface area contributed by atoms with E-state index in [1.807, 2.05) is 54.6 Å². The summed E-state index contributed by atoms with van der Waals surface area (Å²) in [5, 5.41) is 0.665. The van der Waals surface area contributed by atoms with Crippen LogP contribution >= 0.6 is 23.4 Å². The highest BCUT2D eigenvalue weighted by Gasteiger charge is 2.12. The van der Waals surface area contributed by atoms with E-state index >= 15 is 0 Å². The zero-order valence-electron chi connectivity index (χ0n) is 14.0. The Labute approximate surface area is 157 Å². The molecule has 0 aliphatic rings. The van der Waals surface area contributed by atoms with E-state index in [1.54, 1.807) is 11.9 Å². The second kappa shape index (κ2) is 10.1.